The number of carbonyl (C=O) groups excluding carboxylic acids is 1. The molecule has 5 heteroatoms. The van der Waals surface area contributed by atoms with Gasteiger partial charge in [0.05, 0.1) is 10.6 Å². The highest BCUT2D eigenvalue weighted by atomic mass is 32.2. The SMILES string of the molecule is Cc1ccc(N2C(=O)/C(=C\c3cn(Cc4cccc5ccccc45)c4ccccc34)SC2=S)cc1. The number of hydrogen-bond acceptors (Lipinski definition) is 3. The van der Waals surface area contributed by atoms with Crippen molar-refractivity contribution in [1.29, 1.82) is 0 Å². The fourth-order valence-electron chi connectivity index (χ4n) is 4.66. The Morgan fingerprint density at radius 2 is 1.57 bits per heavy atom. The van der Waals surface area contributed by atoms with E-state index in [0.717, 1.165) is 34.3 Å². The minimum absolute atomic E-state index is 0.0743. The Hall–Kier alpha value is -3.67. The molecule has 0 saturated carbocycles. The number of nitrogens with zero attached hydrogens (tertiary/aromatic N) is 2. The van der Waals surface area contributed by atoms with Gasteiger partial charge in [-0.05, 0) is 47.5 Å². The standard InChI is InChI=1S/C30H22N2OS2/c1-20-13-15-24(16-14-20)32-29(33)28(35-30(32)34)17-23-19-31(27-12-5-4-11-26(23)27)18-22-9-6-8-21-7-2-3-10-25(21)22/h2-17,19H,18H2,1H3/b28-17+. The molecule has 0 radical (unpaired) electrons. The van der Waals surface area contributed by atoms with Crippen molar-refractivity contribution in [3.63, 3.8) is 0 Å². The lowest BCUT2D eigenvalue weighted by Crippen LogP contribution is -2.27. The van der Waals surface area contributed by atoms with E-state index in [1.165, 1.54) is 28.1 Å². The smallest absolute Gasteiger partial charge is 0.270 e. The van der Waals surface area contributed by atoms with Gasteiger partial charge < -0.3 is 4.57 Å². The van der Waals surface area contributed by atoms with Gasteiger partial charge in [-0.15, -0.1) is 0 Å². The highest BCUT2D eigenvalue weighted by Gasteiger charge is 2.33. The number of para-hydroxylation sites is 1. The first-order chi connectivity index (χ1) is 17.1. The van der Waals surface area contributed by atoms with Gasteiger partial charge in [0.1, 0.15) is 0 Å². The van der Waals surface area contributed by atoms with E-state index >= 15 is 0 Å². The molecule has 0 unspecified atom stereocenters. The Bertz CT molecular complexity index is 1640. The van der Waals surface area contributed by atoms with E-state index in [2.05, 4.69) is 71.4 Å². The number of thiocarbonyl (C=S) groups is 1. The van der Waals surface area contributed by atoms with Gasteiger partial charge in [-0.2, -0.15) is 0 Å². The van der Waals surface area contributed by atoms with Crippen LogP contribution in [0, 0.1) is 6.92 Å². The van der Waals surface area contributed by atoms with Crippen LogP contribution in [0.3, 0.4) is 0 Å². The monoisotopic (exact) mass is 490 g/mol. The van der Waals surface area contributed by atoms with Gasteiger partial charge in [-0.1, -0.05) is 102 Å². The van der Waals surface area contributed by atoms with E-state index in [4.69, 9.17) is 12.2 Å². The molecule has 35 heavy (non-hydrogen) atoms. The second-order valence-corrected chi connectivity index (χ2v) is 10.4. The van der Waals surface area contributed by atoms with Crippen LogP contribution in [-0.4, -0.2) is 14.8 Å². The van der Waals surface area contributed by atoms with Crippen LogP contribution in [0.5, 0.6) is 0 Å². The van der Waals surface area contributed by atoms with E-state index in [0.29, 0.717) is 9.23 Å². The number of benzene rings is 4. The molecule has 5 aromatic rings. The van der Waals surface area contributed by atoms with E-state index < -0.39 is 0 Å². The zero-order valence-electron chi connectivity index (χ0n) is 19.1. The molecule has 6 rings (SSSR count). The first-order valence-corrected chi connectivity index (χ1v) is 12.7. The van der Waals surface area contributed by atoms with Crippen LogP contribution in [0.1, 0.15) is 16.7 Å². The number of hydrogen-bond donors (Lipinski definition) is 0. The summed E-state index contributed by atoms with van der Waals surface area (Å²) in [5.74, 6) is -0.0743. The lowest BCUT2D eigenvalue weighted by molar-refractivity contribution is -0.113. The fourth-order valence-corrected chi connectivity index (χ4v) is 5.95. The summed E-state index contributed by atoms with van der Waals surface area (Å²) in [6.07, 6.45) is 4.13. The molecule has 2 heterocycles. The van der Waals surface area contributed by atoms with Crippen molar-refractivity contribution in [3.8, 4) is 0 Å². The zero-order valence-corrected chi connectivity index (χ0v) is 20.8. The topological polar surface area (TPSA) is 25.2 Å². The van der Waals surface area contributed by atoms with Crippen LogP contribution in [-0.2, 0) is 11.3 Å². The van der Waals surface area contributed by atoms with Gasteiger partial charge in [0.15, 0.2) is 4.32 Å². The molecule has 1 saturated heterocycles. The summed E-state index contributed by atoms with van der Waals surface area (Å²) in [5.41, 5.74) is 5.38. The van der Waals surface area contributed by atoms with Gasteiger partial charge in [-0.25, -0.2) is 0 Å². The second kappa shape index (κ2) is 8.84. The number of thioether (sulfide) groups is 1. The molecular weight excluding hydrogens is 468 g/mol. The van der Waals surface area contributed by atoms with E-state index in [9.17, 15) is 4.79 Å². The average molecular weight is 491 g/mol. The lowest BCUT2D eigenvalue weighted by atomic mass is 10.0. The molecule has 1 aromatic heterocycles. The van der Waals surface area contributed by atoms with Crippen LogP contribution in [0.2, 0.25) is 0 Å². The second-order valence-electron chi connectivity index (χ2n) is 8.72. The maximum absolute atomic E-state index is 13.3. The van der Waals surface area contributed by atoms with Crippen molar-refractivity contribution in [2.45, 2.75) is 13.5 Å². The van der Waals surface area contributed by atoms with E-state index in [1.54, 1.807) is 4.90 Å². The molecule has 4 aromatic carbocycles. The van der Waals surface area contributed by atoms with Gasteiger partial charge in [-0.3, -0.25) is 9.69 Å². The van der Waals surface area contributed by atoms with Crippen LogP contribution in [0.25, 0.3) is 27.8 Å². The lowest BCUT2D eigenvalue weighted by Gasteiger charge is -2.14. The summed E-state index contributed by atoms with van der Waals surface area (Å²) >= 11 is 6.94. The van der Waals surface area contributed by atoms with E-state index in [-0.39, 0.29) is 5.91 Å². The normalized spacial score (nSPS) is 15.1. The van der Waals surface area contributed by atoms with Crippen molar-refractivity contribution in [1.82, 2.24) is 4.57 Å². The first-order valence-electron chi connectivity index (χ1n) is 11.5. The van der Waals surface area contributed by atoms with Gasteiger partial charge >= 0.3 is 0 Å². The van der Waals surface area contributed by atoms with Crippen molar-refractivity contribution in [3.05, 3.63) is 119 Å². The first kappa shape index (κ1) is 21.8. The van der Waals surface area contributed by atoms with E-state index in [1.807, 2.05) is 43.3 Å². The minimum Gasteiger partial charge on any atom is -0.342 e. The van der Waals surface area contributed by atoms with Gasteiger partial charge in [0.25, 0.3) is 5.91 Å². The number of anilines is 1. The third kappa shape index (κ3) is 3.97. The third-order valence-corrected chi connectivity index (χ3v) is 7.71. The summed E-state index contributed by atoms with van der Waals surface area (Å²) in [6, 6.07) is 31.1. The molecule has 170 valence electrons. The van der Waals surface area contributed by atoms with Gasteiger partial charge in [0.2, 0.25) is 0 Å². The van der Waals surface area contributed by atoms with Crippen LogP contribution in [0.4, 0.5) is 5.69 Å². The Morgan fingerprint density at radius 3 is 2.40 bits per heavy atom. The summed E-state index contributed by atoms with van der Waals surface area (Å²) in [5, 5.41) is 3.61. The molecule has 0 N–H and O–H groups in total. The summed E-state index contributed by atoms with van der Waals surface area (Å²) in [6.45, 7) is 2.78. The largest absolute Gasteiger partial charge is 0.342 e. The van der Waals surface area contributed by atoms with Crippen molar-refractivity contribution >= 4 is 67.6 Å². The highest BCUT2D eigenvalue weighted by Crippen LogP contribution is 2.37. The fraction of sp³-hybridized carbons (Fsp3) is 0.0667. The number of fused-ring (bicyclic) bond motifs is 2. The molecule has 1 aliphatic heterocycles. The molecule has 0 bridgehead atoms. The van der Waals surface area contributed by atoms with Crippen LogP contribution >= 0.6 is 24.0 Å². The number of aromatic nitrogens is 1. The Labute approximate surface area is 213 Å². The minimum atomic E-state index is -0.0743. The molecule has 1 fully saturated rings. The maximum Gasteiger partial charge on any atom is 0.270 e. The van der Waals surface area contributed by atoms with Crippen LogP contribution in [0.15, 0.2) is 102 Å². The number of amides is 1. The van der Waals surface area contributed by atoms with Crippen molar-refractivity contribution < 1.29 is 4.79 Å². The molecular formula is C30H22N2OS2. The summed E-state index contributed by atoms with van der Waals surface area (Å²) in [7, 11) is 0. The Kier molecular flexibility index (Phi) is 5.51. The molecule has 3 nitrogen and oxygen atoms in total. The molecule has 1 amide bonds. The summed E-state index contributed by atoms with van der Waals surface area (Å²) in [4.78, 5) is 15.6. The van der Waals surface area contributed by atoms with Gasteiger partial charge in [0, 0.05) is 29.2 Å². The summed E-state index contributed by atoms with van der Waals surface area (Å²) < 4.78 is 2.83. The quantitative estimate of drug-likeness (QED) is 0.192. The Morgan fingerprint density at radius 1 is 0.857 bits per heavy atom. The number of aryl methyl sites for hydroxylation is 1. The van der Waals surface area contributed by atoms with Crippen molar-refractivity contribution in [2.75, 3.05) is 4.90 Å². The Balaban J connectivity index is 1.39. The molecule has 0 spiro atoms. The molecule has 0 aliphatic carbocycles. The molecule has 0 atom stereocenters. The average Bonchev–Trinajstić information content (AvgIpc) is 3.36. The third-order valence-electron chi connectivity index (χ3n) is 6.41. The number of carbonyl (C=O) groups is 1. The predicted molar refractivity (Wildman–Crippen MR) is 152 cm³/mol. The zero-order chi connectivity index (χ0) is 23.9. The maximum atomic E-state index is 13.3. The predicted octanol–water partition coefficient (Wildman–Crippen LogP) is 7.56. The highest BCUT2D eigenvalue weighted by molar-refractivity contribution is 8.27. The number of rotatable bonds is 4. The van der Waals surface area contributed by atoms with Crippen molar-refractivity contribution in [2.24, 2.45) is 0 Å². The molecule has 1 aliphatic rings. The van der Waals surface area contributed by atoms with Crippen LogP contribution < -0.4 is 4.90 Å².